The molecular formula is C11H14F3N5. The summed E-state index contributed by atoms with van der Waals surface area (Å²) in [6.45, 7) is -1.10. The molecule has 2 aromatic heterocycles. The zero-order valence-corrected chi connectivity index (χ0v) is 10.4. The Labute approximate surface area is 108 Å². The van der Waals surface area contributed by atoms with Gasteiger partial charge in [-0.1, -0.05) is 0 Å². The highest BCUT2D eigenvalue weighted by molar-refractivity contribution is 5.43. The quantitative estimate of drug-likeness (QED) is 0.879. The maximum Gasteiger partial charge on any atom is 0.333 e. The molecule has 2 heterocycles. The number of nitrogens with zero attached hydrogens (tertiary/aromatic N) is 4. The Kier molecular flexibility index (Phi) is 4.08. The third-order valence-electron chi connectivity index (χ3n) is 2.69. The van der Waals surface area contributed by atoms with Crippen molar-refractivity contribution in [1.29, 1.82) is 0 Å². The van der Waals surface area contributed by atoms with E-state index in [1.807, 2.05) is 6.92 Å². The first kappa shape index (κ1) is 13.4. The number of nitrogens with one attached hydrogen (secondary N) is 1. The van der Waals surface area contributed by atoms with Crippen LogP contribution in [0.4, 0.5) is 19.0 Å². The van der Waals surface area contributed by atoms with Crippen molar-refractivity contribution in [3.05, 3.63) is 29.7 Å². The summed E-state index contributed by atoms with van der Waals surface area (Å²) in [5.41, 5.74) is 1.18. The molecule has 0 fully saturated rings. The molecule has 8 heteroatoms. The molecule has 0 radical (unpaired) electrons. The van der Waals surface area contributed by atoms with Crippen LogP contribution >= 0.6 is 0 Å². The topological polar surface area (TPSA) is 47.7 Å². The van der Waals surface area contributed by atoms with Gasteiger partial charge in [-0.3, -0.25) is 0 Å². The Bertz CT molecular complexity index is 534. The Morgan fingerprint density at radius 3 is 2.84 bits per heavy atom. The predicted octanol–water partition coefficient (Wildman–Crippen LogP) is 2.36. The zero-order chi connectivity index (χ0) is 13.8. The summed E-state index contributed by atoms with van der Waals surface area (Å²) in [4.78, 5) is 0. The van der Waals surface area contributed by atoms with Gasteiger partial charge in [0.1, 0.15) is 12.5 Å². The molecule has 0 atom stereocenters. The summed E-state index contributed by atoms with van der Waals surface area (Å²) in [7, 11) is 0. The minimum Gasteiger partial charge on any atom is -0.364 e. The summed E-state index contributed by atoms with van der Waals surface area (Å²) in [5.74, 6) is 0.625. The molecule has 19 heavy (non-hydrogen) atoms. The van der Waals surface area contributed by atoms with Gasteiger partial charge >= 0.3 is 6.55 Å². The first-order valence-electron chi connectivity index (χ1n) is 5.76. The summed E-state index contributed by atoms with van der Waals surface area (Å²) < 4.78 is 39.7. The average molecular weight is 273 g/mol. The van der Waals surface area contributed by atoms with Crippen LogP contribution in [0.5, 0.6) is 0 Å². The van der Waals surface area contributed by atoms with Crippen molar-refractivity contribution in [2.75, 3.05) is 12.0 Å². The van der Waals surface area contributed by atoms with Crippen molar-refractivity contribution in [2.45, 2.75) is 26.6 Å². The number of halogens is 3. The fourth-order valence-electron chi connectivity index (χ4n) is 1.79. The number of aromatic nitrogens is 4. The van der Waals surface area contributed by atoms with Crippen LogP contribution in [0.2, 0.25) is 0 Å². The van der Waals surface area contributed by atoms with E-state index in [0.717, 1.165) is 5.56 Å². The van der Waals surface area contributed by atoms with Crippen molar-refractivity contribution in [3.8, 4) is 0 Å². The molecule has 0 saturated carbocycles. The van der Waals surface area contributed by atoms with Gasteiger partial charge in [0.15, 0.2) is 0 Å². The maximum absolute atomic E-state index is 12.6. The number of hydrogen-bond acceptors (Lipinski definition) is 3. The van der Waals surface area contributed by atoms with Crippen LogP contribution in [0.3, 0.4) is 0 Å². The van der Waals surface area contributed by atoms with Gasteiger partial charge in [0.25, 0.3) is 0 Å². The van der Waals surface area contributed by atoms with Gasteiger partial charge in [-0.25, -0.2) is 13.8 Å². The molecule has 0 saturated heterocycles. The smallest absolute Gasteiger partial charge is 0.333 e. The largest absolute Gasteiger partial charge is 0.364 e. The van der Waals surface area contributed by atoms with Crippen LogP contribution in [0.25, 0.3) is 0 Å². The number of hydrogen-bond donors (Lipinski definition) is 1. The summed E-state index contributed by atoms with van der Waals surface area (Å²) in [5, 5.41) is 10.5. The normalized spacial score (nSPS) is 11.2. The van der Waals surface area contributed by atoms with Crippen LogP contribution in [0.15, 0.2) is 18.5 Å². The average Bonchev–Trinajstić information content (AvgIpc) is 2.95. The standard InChI is InChI=1S/C11H14F3N5/c1-8-6-17-18(5-3-12)10(8)15-7-9-2-4-16-19(9)11(13)14/h2,4,6,11,15H,3,5,7H2,1H3. The summed E-state index contributed by atoms with van der Waals surface area (Å²) in [6.07, 6.45) is 2.91. The fraction of sp³-hybridized carbons (Fsp3) is 0.455. The lowest BCUT2D eigenvalue weighted by Gasteiger charge is -2.11. The number of rotatable bonds is 6. The van der Waals surface area contributed by atoms with E-state index in [1.54, 1.807) is 6.20 Å². The Morgan fingerprint density at radius 1 is 1.37 bits per heavy atom. The second-order valence-corrected chi connectivity index (χ2v) is 3.99. The van der Waals surface area contributed by atoms with Crippen molar-refractivity contribution >= 4 is 5.82 Å². The second kappa shape index (κ2) is 5.77. The van der Waals surface area contributed by atoms with E-state index < -0.39 is 13.2 Å². The molecule has 5 nitrogen and oxygen atoms in total. The van der Waals surface area contributed by atoms with E-state index in [9.17, 15) is 13.2 Å². The van der Waals surface area contributed by atoms with Gasteiger partial charge in [-0.15, -0.1) is 0 Å². The van der Waals surface area contributed by atoms with Crippen LogP contribution in [-0.4, -0.2) is 26.2 Å². The maximum atomic E-state index is 12.6. The second-order valence-electron chi connectivity index (χ2n) is 3.99. The highest BCUT2D eigenvalue weighted by Gasteiger charge is 2.13. The first-order chi connectivity index (χ1) is 9.13. The molecule has 2 aromatic rings. The molecule has 0 aliphatic carbocycles. The lowest BCUT2D eigenvalue weighted by atomic mass is 10.3. The van der Waals surface area contributed by atoms with Crippen LogP contribution in [0.1, 0.15) is 17.8 Å². The molecule has 0 aliphatic heterocycles. The van der Waals surface area contributed by atoms with E-state index in [-0.39, 0.29) is 13.1 Å². The van der Waals surface area contributed by atoms with Gasteiger partial charge in [-0.2, -0.15) is 19.0 Å². The van der Waals surface area contributed by atoms with E-state index in [4.69, 9.17) is 0 Å². The molecule has 0 aliphatic rings. The van der Waals surface area contributed by atoms with Crippen molar-refractivity contribution < 1.29 is 13.2 Å². The van der Waals surface area contributed by atoms with Crippen LogP contribution in [-0.2, 0) is 13.1 Å². The number of aryl methyl sites for hydroxylation is 2. The van der Waals surface area contributed by atoms with E-state index >= 15 is 0 Å². The number of anilines is 1. The minimum absolute atomic E-state index is 0.129. The fourth-order valence-corrected chi connectivity index (χ4v) is 1.79. The van der Waals surface area contributed by atoms with Crippen molar-refractivity contribution in [1.82, 2.24) is 19.6 Å². The summed E-state index contributed by atoms with van der Waals surface area (Å²) in [6, 6.07) is 1.50. The molecule has 0 unspecified atom stereocenters. The third kappa shape index (κ3) is 2.88. The van der Waals surface area contributed by atoms with Gasteiger partial charge in [-0.05, 0) is 13.0 Å². The van der Waals surface area contributed by atoms with E-state index in [1.165, 1.54) is 16.9 Å². The van der Waals surface area contributed by atoms with E-state index in [0.29, 0.717) is 16.2 Å². The molecule has 0 bridgehead atoms. The first-order valence-corrected chi connectivity index (χ1v) is 5.76. The predicted molar refractivity (Wildman–Crippen MR) is 63.7 cm³/mol. The Hall–Kier alpha value is -1.99. The molecule has 2 rings (SSSR count). The SMILES string of the molecule is Cc1cnn(CCF)c1NCc1ccnn1C(F)F. The highest BCUT2D eigenvalue weighted by Crippen LogP contribution is 2.17. The highest BCUT2D eigenvalue weighted by atomic mass is 19.3. The Morgan fingerprint density at radius 2 is 2.16 bits per heavy atom. The Balaban J connectivity index is 2.10. The van der Waals surface area contributed by atoms with Crippen molar-refractivity contribution in [2.24, 2.45) is 0 Å². The monoisotopic (exact) mass is 273 g/mol. The third-order valence-corrected chi connectivity index (χ3v) is 2.69. The minimum atomic E-state index is -2.68. The van der Waals surface area contributed by atoms with Gasteiger partial charge in [0.2, 0.25) is 0 Å². The molecular weight excluding hydrogens is 259 g/mol. The van der Waals surface area contributed by atoms with Crippen LogP contribution in [0, 0.1) is 6.92 Å². The lowest BCUT2D eigenvalue weighted by molar-refractivity contribution is 0.0537. The van der Waals surface area contributed by atoms with Gasteiger partial charge in [0.05, 0.1) is 25.0 Å². The zero-order valence-electron chi connectivity index (χ0n) is 10.4. The van der Waals surface area contributed by atoms with Gasteiger partial charge < -0.3 is 5.32 Å². The molecule has 0 amide bonds. The van der Waals surface area contributed by atoms with E-state index in [2.05, 4.69) is 15.5 Å². The molecule has 1 N–H and O–H groups in total. The summed E-state index contributed by atoms with van der Waals surface area (Å²) >= 11 is 0. The van der Waals surface area contributed by atoms with Gasteiger partial charge in [0, 0.05) is 11.8 Å². The van der Waals surface area contributed by atoms with Crippen LogP contribution < -0.4 is 5.32 Å². The number of alkyl halides is 3. The van der Waals surface area contributed by atoms with Crippen molar-refractivity contribution in [3.63, 3.8) is 0 Å². The molecule has 0 spiro atoms. The lowest BCUT2D eigenvalue weighted by Crippen LogP contribution is -2.13. The molecule has 0 aromatic carbocycles. The molecule has 104 valence electrons.